The van der Waals surface area contributed by atoms with Crippen LogP contribution in [0.4, 0.5) is 0 Å². The summed E-state index contributed by atoms with van der Waals surface area (Å²) >= 11 is 5.89. The van der Waals surface area contributed by atoms with E-state index in [2.05, 4.69) is 33.0 Å². The number of halogens is 1. The highest BCUT2D eigenvalue weighted by molar-refractivity contribution is 7.87. The molecule has 1 heterocycles. The van der Waals surface area contributed by atoms with E-state index in [1.54, 1.807) is 12.1 Å². The number of ketones is 2. The molecule has 39 heavy (non-hydrogen) atoms. The van der Waals surface area contributed by atoms with Crippen molar-refractivity contribution in [3.05, 3.63) is 75.6 Å². The molecule has 1 aliphatic heterocycles. The number of hydrogen-bond donors (Lipinski definition) is 1. The van der Waals surface area contributed by atoms with E-state index in [-0.39, 0.29) is 38.8 Å². The van der Waals surface area contributed by atoms with Gasteiger partial charge in [0.05, 0.1) is 7.11 Å². The first kappa shape index (κ1) is 27.5. The molecule has 0 saturated carbocycles. The maximum Gasteiger partial charge on any atom is 0.339 e. The number of Topliss-reactive ketones (excluding diaryl/α,β-unsaturated/α-hetero) is 2. The first-order chi connectivity index (χ1) is 18.2. The van der Waals surface area contributed by atoms with Crippen molar-refractivity contribution in [1.82, 2.24) is 5.32 Å². The van der Waals surface area contributed by atoms with E-state index in [4.69, 9.17) is 20.5 Å². The molecule has 2 aromatic carbocycles. The number of rotatable bonds is 5. The summed E-state index contributed by atoms with van der Waals surface area (Å²) in [5.74, 6) is -0.375. The number of methoxy groups -OCH3 is 1. The smallest absolute Gasteiger partial charge is 0.339 e. The monoisotopic (exact) mass is 569 g/mol. The van der Waals surface area contributed by atoms with Crippen LogP contribution in [0.1, 0.15) is 64.9 Å². The number of hydrogen-bond acceptors (Lipinski definition) is 7. The van der Waals surface area contributed by atoms with Crippen molar-refractivity contribution in [3.8, 4) is 11.5 Å². The summed E-state index contributed by atoms with van der Waals surface area (Å²) in [6.07, 6.45) is 2.13. The molecular weight excluding hydrogens is 538 g/mol. The molecule has 9 heteroatoms. The van der Waals surface area contributed by atoms with Gasteiger partial charge in [0, 0.05) is 46.3 Å². The molecule has 206 valence electrons. The Morgan fingerprint density at radius 2 is 1.36 bits per heavy atom. The van der Waals surface area contributed by atoms with E-state index in [0.717, 1.165) is 11.4 Å². The maximum absolute atomic E-state index is 13.5. The Bertz CT molecular complexity index is 1500. The van der Waals surface area contributed by atoms with Gasteiger partial charge in [-0.1, -0.05) is 45.4 Å². The highest BCUT2D eigenvalue weighted by Gasteiger charge is 2.46. The largest absolute Gasteiger partial charge is 0.493 e. The Kier molecular flexibility index (Phi) is 6.71. The van der Waals surface area contributed by atoms with Crippen LogP contribution in [0.3, 0.4) is 0 Å². The van der Waals surface area contributed by atoms with Crippen molar-refractivity contribution in [1.29, 1.82) is 0 Å². The van der Waals surface area contributed by atoms with Gasteiger partial charge in [0.15, 0.2) is 23.1 Å². The molecule has 5 rings (SSSR count). The molecule has 0 fully saturated rings. The van der Waals surface area contributed by atoms with Crippen molar-refractivity contribution in [2.75, 3.05) is 7.11 Å². The standard InChI is InChI=1S/C30H32ClNO6S/c1-29(2)13-20-27(22(33)15-29)26(28-21(32-20)14-30(3,4)16-23(28)34)17-6-11-24(25(12-17)37-5)38-39(35,36)19-9-7-18(31)8-10-19/h6-12,26,32H,13-16H2,1-5H3. The van der Waals surface area contributed by atoms with E-state index >= 15 is 0 Å². The number of nitrogens with one attached hydrogen (secondary N) is 1. The normalized spacial score (nSPS) is 20.8. The second-order valence-corrected chi connectivity index (χ2v) is 14.1. The molecule has 0 saturated heterocycles. The van der Waals surface area contributed by atoms with Crippen LogP contribution in [0.5, 0.6) is 11.5 Å². The van der Waals surface area contributed by atoms with Crippen molar-refractivity contribution < 1.29 is 26.9 Å². The van der Waals surface area contributed by atoms with Gasteiger partial charge in [-0.25, -0.2) is 0 Å². The fraction of sp³-hybridized carbons (Fsp3) is 0.400. The fourth-order valence-electron chi connectivity index (χ4n) is 5.92. The van der Waals surface area contributed by atoms with Gasteiger partial charge >= 0.3 is 10.1 Å². The van der Waals surface area contributed by atoms with E-state index in [0.29, 0.717) is 47.4 Å². The van der Waals surface area contributed by atoms with Crippen LogP contribution in [-0.4, -0.2) is 27.1 Å². The SMILES string of the molecule is COc1cc(C2C3=C(CC(C)(C)CC3=O)NC3=C2C(=O)CC(C)(C)C3)ccc1OS(=O)(=O)c1ccc(Cl)cc1. The quantitative estimate of drug-likeness (QED) is 0.435. The van der Waals surface area contributed by atoms with Gasteiger partial charge in [-0.15, -0.1) is 0 Å². The van der Waals surface area contributed by atoms with Gasteiger partial charge in [0.1, 0.15) is 4.90 Å². The lowest BCUT2D eigenvalue weighted by Crippen LogP contribution is -2.42. The fourth-order valence-corrected chi connectivity index (χ4v) is 6.99. The van der Waals surface area contributed by atoms with Crippen molar-refractivity contribution in [2.45, 2.75) is 64.2 Å². The number of benzene rings is 2. The second kappa shape index (κ2) is 9.52. The maximum atomic E-state index is 13.5. The molecule has 0 spiro atoms. The summed E-state index contributed by atoms with van der Waals surface area (Å²) in [5, 5.41) is 3.90. The molecule has 0 radical (unpaired) electrons. The first-order valence-electron chi connectivity index (χ1n) is 12.9. The Balaban J connectivity index is 1.60. The number of ether oxygens (including phenoxy) is 1. The minimum Gasteiger partial charge on any atom is -0.493 e. The molecule has 2 aromatic rings. The van der Waals surface area contributed by atoms with Gasteiger partial charge in [-0.3, -0.25) is 9.59 Å². The van der Waals surface area contributed by atoms with Gasteiger partial charge in [-0.2, -0.15) is 8.42 Å². The minimum absolute atomic E-state index is 0.000693. The molecule has 0 unspecified atom stereocenters. The highest BCUT2D eigenvalue weighted by Crippen LogP contribution is 2.51. The van der Waals surface area contributed by atoms with E-state index < -0.39 is 16.0 Å². The Morgan fingerprint density at radius 1 is 0.821 bits per heavy atom. The zero-order valence-electron chi connectivity index (χ0n) is 22.7. The molecule has 1 N–H and O–H groups in total. The van der Waals surface area contributed by atoms with Crippen LogP contribution >= 0.6 is 11.6 Å². The number of allylic oxidation sites excluding steroid dienone is 4. The van der Waals surface area contributed by atoms with Crippen LogP contribution in [-0.2, 0) is 19.7 Å². The van der Waals surface area contributed by atoms with Gasteiger partial charge in [0.25, 0.3) is 0 Å². The Labute approximate surface area is 234 Å². The number of carbonyl (C=O) groups is 2. The van der Waals surface area contributed by atoms with Crippen LogP contribution in [0.25, 0.3) is 0 Å². The third-order valence-electron chi connectivity index (χ3n) is 7.54. The molecule has 2 aliphatic carbocycles. The lowest BCUT2D eigenvalue weighted by atomic mass is 9.64. The van der Waals surface area contributed by atoms with Gasteiger partial charge in [0.2, 0.25) is 0 Å². The summed E-state index contributed by atoms with van der Waals surface area (Å²) in [6.45, 7) is 8.28. The predicted molar refractivity (Wildman–Crippen MR) is 148 cm³/mol. The van der Waals surface area contributed by atoms with Crippen molar-refractivity contribution in [3.63, 3.8) is 0 Å². The summed E-state index contributed by atoms with van der Waals surface area (Å²) in [4.78, 5) is 27.1. The lowest BCUT2D eigenvalue weighted by Gasteiger charge is -2.44. The molecule has 0 amide bonds. The third-order valence-corrected chi connectivity index (χ3v) is 9.04. The molecular formula is C30H32ClNO6S. The molecule has 0 atom stereocenters. The number of dihydropyridines is 1. The van der Waals surface area contributed by atoms with Crippen molar-refractivity contribution in [2.24, 2.45) is 10.8 Å². The first-order valence-corrected chi connectivity index (χ1v) is 14.7. The molecule has 0 bridgehead atoms. The zero-order valence-corrected chi connectivity index (χ0v) is 24.3. The summed E-state index contributed by atoms with van der Waals surface area (Å²) < 4.78 is 36.8. The van der Waals surface area contributed by atoms with E-state index in [1.165, 1.54) is 37.4 Å². The molecule has 7 nitrogen and oxygen atoms in total. The summed E-state index contributed by atoms with van der Waals surface area (Å²) in [7, 11) is -2.74. The second-order valence-electron chi connectivity index (χ2n) is 12.1. The van der Waals surface area contributed by atoms with E-state index in [9.17, 15) is 18.0 Å². The zero-order chi connectivity index (χ0) is 28.3. The average Bonchev–Trinajstić information content (AvgIpc) is 2.81. The Morgan fingerprint density at radius 3 is 1.87 bits per heavy atom. The van der Waals surface area contributed by atoms with Gasteiger partial charge < -0.3 is 14.2 Å². The van der Waals surface area contributed by atoms with Crippen LogP contribution in [0.2, 0.25) is 5.02 Å². The Hall–Kier alpha value is -3.10. The topological polar surface area (TPSA) is 98.8 Å². The van der Waals surface area contributed by atoms with E-state index in [1.807, 2.05) is 0 Å². The van der Waals surface area contributed by atoms with Crippen LogP contribution in [0.15, 0.2) is 69.9 Å². The molecule has 0 aromatic heterocycles. The minimum atomic E-state index is -4.16. The lowest BCUT2D eigenvalue weighted by molar-refractivity contribution is -0.119. The highest BCUT2D eigenvalue weighted by atomic mass is 35.5. The van der Waals surface area contributed by atoms with Crippen LogP contribution in [0, 0.1) is 10.8 Å². The molecule has 3 aliphatic rings. The predicted octanol–water partition coefficient (Wildman–Crippen LogP) is 6.09. The van der Waals surface area contributed by atoms with Crippen LogP contribution < -0.4 is 14.2 Å². The van der Waals surface area contributed by atoms with Crippen molar-refractivity contribution >= 4 is 33.3 Å². The summed E-state index contributed by atoms with van der Waals surface area (Å²) in [5.41, 5.74) is 3.18. The average molecular weight is 570 g/mol. The number of carbonyl (C=O) groups excluding carboxylic acids is 2. The van der Waals surface area contributed by atoms with Gasteiger partial charge in [-0.05, 0) is 65.6 Å². The third kappa shape index (κ3) is 5.24. The summed E-state index contributed by atoms with van der Waals surface area (Å²) in [6, 6.07) is 10.6.